The van der Waals surface area contributed by atoms with Crippen molar-refractivity contribution in [2.45, 2.75) is 52.1 Å². The van der Waals surface area contributed by atoms with E-state index in [0.717, 1.165) is 6.54 Å². The van der Waals surface area contributed by atoms with E-state index in [0.29, 0.717) is 18.6 Å². The zero-order valence-corrected chi connectivity index (χ0v) is 11.6. The summed E-state index contributed by atoms with van der Waals surface area (Å²) in [7, 11) is 0. The number of aliphatic hydroxyl groups excluding tert-OH is 1. The fourth-order valence-electron chi connectivity index (χ4n) is 2.79. The van der Waals surface area contributed by atoms with Crippen molar-refractivity contribution in [2.24, 2.45) is 5.92 Å². The molecule has 1 heterocycles. The Bertz CT molecular complexity index is 361. The van der Waals surface area contributed by atoms with E-state index in [1.807, 2.05) is 11.3 Å². The predicted octanol–water partition coefficient (Wildman–Crippen LogP) is 3.01. The molecule has 0 amide bonds. The zero-order chi connectivity index (χ0) is 12.3. The van der Waals surface area contributed by atoms with Crippen LogP contribution in [0.1, 0.15) is 41.0 Å². The number of thiophene rings is 1. The summed E-state index contributed by atoms with van der Waals surface area (Å²) in [6.07, 6.45) is 4.97. The minimum Gasteiger partial charge on any atom is -0.396 e. The Labute approximate surface area is 108 Å². The Hall–Kier alpha value is -0.380. The second-order valence-electron chi connectivity index (χ2n) is 5.15. The first-order valence-electron chi connectivity index (χ1n) is 6.61. The molecule has 1 aromatic rings. The number of aliphatic hydroxyl groups is 1. The van der Waals surface area contributed by atoms with E-state index in [-0.39, 0.29) is 0 Å². The van der Waals surface area contributed by atoms with E-state index in [1.54, 1.807) is 0 Å². The maximum Gasteiger partial charge on any atom is 0.0474 e. The highest BCUT2D eigenvalue weighted by Gasteiger charge is 2.23. The van der Waals surface area contributed by atoms with Crippen LogP contribution in [0.3, 0.4) is 0 Å². The van der Waals surface area contributed by atoms with E-state index in [2.05, 4.69) is 25.2 Å². The highest BCUT2D eigenvalue weighted by molar-refractivity contribution is 7.12. The fourth-order valence-corrected chi connectivity index (χ4v) is 3.74. The van der Waals surface area contributed by atoms with Gasteiger partial charge in [-0.15, -0.1) is 11.3 Å². The lowest BCUT2D eigenvalue weighted by Gasteiger charge is -2.31. The van der Waals surface area contributed by atoms with Gasteiger partial charge < -0.3 is 10.4 Å². The molecule has 2 unspecified atom stereocenters. The van der Waals surface area contributed by atoms with Gasteiger partial charge in [0.25, 0.3) is 0 Å². The highest BCUT2D eigenvalue weighted by atomic mass is 32.1. The summed E-state index contributed by atoms with van der Waals surface area (Å²) in [6.45, 7) is 5.65. The monoisotopic (exact) mass is 253 g/mol. The molecule has 0 saturated heterocycles. The summed E-state index contributed by atoms with van der Waals surface area (Å²) in [5.74, 6) is 0.462. The summed E-state index contributed by atoms with van der Waals surface area (Å²) >= 11 is 1.87. The molecule has 0 aromatic carbocycles. The smallest absolute Gasteiger partial charge is 0.0474 e. The Morgan fingerprint density at radius 2 is 2.12 bits per heavy atom. The Kier molecular flexibility index (Phi) is 4.60. The quantitative estimate of drug-likeness (QED) is 0.864. The molecule has 2 N–H and O–H groups in total. The maximum absolute atomic E-state index is 9.38. The zero-order valence-electron chi connectivity index (χ0n) is 10.8. The minimum atomic E-state index is 0.333. The van der Waals surface area contributed by atoms with Gasteiger partial charge in [0.15, 0.2) is 0 Å². The summed E-state index contributed by atoms with van der Waals surface area (Å²) in [4.78, 5) is 2.81. The van der Waals surface area contributed by atoms with Crippen LogP contribution in [-0.2, 0) is 6.54 Å². The lowest BCUT2D eigenvalue weighted by atomic mass is 9.85. The van der Waals surface area contributed by atoms with E-state index < -0.39 is 0 Å². The van der Waals surface area contributed by atoms with Crippen molar-refractivity contribution < 1.29 is 5.11 Å². The van der Waals surface area contributed by atoms with Gasteiger partial charge in [0.2, 0.25) is 0 Å². The highest BCUT2D eigenvalue weighted by Crippen LogP contribution is 2.25. The molecular weight excluding hydrogens is 230 g/mol. The standard InChI is InChI=1S/C14H23NOS/c1-10-7-13(11(2)17-10)8-15-14-6-4-3-5-12(14)9-16/h7,12,14-16H,3-6,8-9H2,1-2H3. The lowest BCUT2D eigenvalue weighted by molar-refractivity contribution is 0.152. The van der Waals surface area contributed by atoms with Crippen molar-refractivity contribution in [3.05, 3.63) is 21.4 Å². The summed E-state index contributed by atoms with van der Waals surface area (Å²) in [5, 5.41) is 13.0. The van der Waals surface area contributed by atoms with Gasteiger partial charge in [-0.25, -0.2) is 0 Å². The molecule has 2 atom stereocenters. The first-order valence-corrected chi connectivity index (χ1v) is 7.42. The van der Waals surface area contributed by atoms with Crippen LogP contribution in [0.5, 0.6) is 0 Å². The molecule has 0 radical (unpaired) electrons. The van der Waals surface area contributed by atoms with Gasteiger partial charge in [-0.1, -0.05) is 12.8 Å². The van der Waals surface area contributed by atoms with E-state index in [9.17, 15) is 5.11 Å². The minimum absolute atomic E-state index is 0.333. The third-order valence-corrected chi connectivity index (χ3v) is 4.85. The van der Waals surface area contributed by atoms with Crippen molar-refractivity contribution in [2.75, 3.05) is 6.61 Å². The van der Waals surface area contributed by atoms with Gasteiger partial charge in [0, 0.05) is 28.9 Å². The molecule has 2 nitrogen and oxygen atoms in total. The number of nitrogens with one attached hydrogen (secondary N) is 1. The molecule has 1 aliphatic rings. The summed E-state index contributed by atoms with van der Waals surface area (Å²) < 4.78 is 0. The second kappa shape index (κ2) is 5.98. The van der Waals surface area contributed by atoms with Crippen LogP contribution < -0.4 is 5.32 Å². The number of rotatable bonds is 4. The van der Waals surface area contributed by atoms with Gasteiger partial charge in [-0.2, -0.15) is 0 Å². The molecule has 2 rings (SSSR count). The van der Waals surface area contributed by atoms with E-state index in [4.69, 9.17) is 0 Å². The average molecular weight is 253 g/mol. The molecule has 0 spiro atoms. The van der Waals surface area contributed by atoms with Gasteiger partial charge in [-0.05, 0) is 44.2 Å². The molecule has 96 valence electrons. The Balaban J connectivity index is 1.90. The van der Waals surface area contributed by atoms with Gasteiger partial charge >= 0.3 is 0 Å². The van der Waals surface area contributed by atoms with Gasteiger partial charge in [-0.3, -0.25) is 0 Å². The summed E-state index contributed by atoms with van der Waals surface area (Å²) in [5.41, 5.74) is 1.43. The van der Waals surface area contributed by atoms with Gasteiger partial charge in [0.1, 0.15) is 0 Å². The lowest BCUT2D eigenvalue weighted by Crippen LogP contribution is -2.39. The molecule has 1 aliphatic carbocycles. The van der Waals surface area contributed by atoms with E-state index >= 15 is 0 Å². The third kappa shape index (κ3) is 3.30. The van der Waals surface area contributed by atoms with Crippen molar-refractivity contribution in [1.82, 2.24) is 5.32 Å². The van der Waals surface area contributed by atoms with Crippen LogP contribution >= 0.6 is 11.3 Å². The van der Waals surface area contributed by atoms with Crippen molar-refractivity contribution in [3.63, 3.8) is 0 Å². The van der Waals surface area contributed by atoms with Crippen LogP contribution in [0.2, 0.25) is 0 Å². The second-order valence-corrected chi connectivity index (χ2v) is 6.61. The van der Waals surface area contributed by atoms with Crippen LogP contribution in [0.25, 0.3) is 0 Å². The van der Waals surface area contributed by atoms with Crippen molar-refractivity contribution in [1.29, 1.82) is 0 Å². The van der Waals surface area contributed by atoms with Crippen molar-refractivity contribution >= 4 is 11.3 Å². The summed E-state index contributed by atoms with van der Waals surface area (Å²) in [6, 6.07) is 2.79. The Morgan fingerprint density at radius 1 is 1.35 bits per heavy atom. The molecule has 1 saturated carbocycles. The SMILES string of the molecule is Cc1cc(CNC2CCCCC2CO)c(C)s1. The fraction of sp³-hybridized carbons (Fsp3) is 0.714. The first-order chi connectivity index (χ1) is 8.20. The molecule has 17 heavy (non-hydrogen) atoms. The molecule has 0 bridgehead atoms. The molecule has 1 fully saturated rings. The van der Waals surface area contributed by atoms with Crippen LogP contribution in [0.15, 0.2) is 6.07 Å². The van der Waals surface area contributed by atoms with Crippen LogP contribution in [0.4, 0.5) is 0 Å². The normalized spacial score (nSPS) is 25.1. The number of aryl methyl sites for hydroxylation is 2. The first kappa shape index (κ1) is 13.1. The topological polar surface area (TPSA) is 32.3 Å². The van der Waals surface area contributed by atoms with Crippen molar-refractivity contribution in [3.8, 4) is 0 Å². The van der Waals surface area contributed by atoms with Gasteiger partial charge in [0.05, 0.1) is 0 Å². The average Bonchev–Trinajstić information content (AvgIpc) is 2.65. The molecular formula is C14H23NOS. The largest absolute Gasteiger partial charge is 0.396 e. The van der Waals surface area contributed by atoms with E-state index in [1.165, 1.54) is 41.0 Å². The molecule has 1 aromatic heterocycles. The molecule has 3 heteroatoms. The van der Waals surface area contributed by atoms with Crippen LogP contribution in [-0.4, -0.2) is 17.8 Å². The third-order valence-electron chi connectivity index (χ3n) is 3.84. The Morgan fingerprint density at radius 3 is 2.76 bits per heavy atom. The number of hydrogen-bond acceptors (Lipinski definition) is 3. The number of hydrogen-bond donors (Lipinski definition) is 2. The predicted molar refractivity (Wildman–Crippen MR) is 73.5 cm³/mol. The molecule has 0 aliphatic heterocycles. The van der Waals surface area contributed by atoms with Crippen LogP contribution in [0, 0.1) is 19.8 Å². The maximum atomic E-state index is 9.38.